The lowest BCUT2D eigenvalue weighted by Crippen LogP contribution is -2.47. The molecule has 14 heterocycles. The summed E-state index contributed by atoms with van der Waals surface area (Å²) in [6, 6.07) is 32.2. The standard InChI is InChI=1S/C23H20F2N4O2.C23H21FN4O2.C21H22N6O2.C20H20N6O2/c1-13-5-6-20(26-9-13)31-19-8-14-7-18(19)29(12-14)23(30)16-3-2-4-17(25)21(16)22-27-10-15(24)11-28-22;1-14-6-7-21(25-10-14)30-20-9-15-8-19(20)28(13-15)23(29)18-5-3-2-4-17(18)22-26-11-16(24)12-27-22;1-13-3-4-19(22-10-13)29-18-9-15-8-17(18)26(12-15)21(28)16-7-14(2)11-23-20(16)27-24-5-6-25-27;1-13-4-5-18(22-11-13)28-17-10-14-9-16(17)25(12-14)20(27)15-3-2-6-21-19(15)26-23-7-8-24-26/h2-6,9-11,14,18-19H,7-8,12H2,1H3;2-7,10-12,15,19-20H,8-9,13H2,1H3;3-7,10-11,15,17-18H,8-9,12H2,1-2H3;2-8,11,14,16-17H,9-10,12H2,1H3. The van der Waals surface area contributed by atoms with Gasteiger partial charge in [0.1, 0.15) is 30.2 Å². The van der Waals surface area contributed by atoms with Crippen molar-refractivity contribution in [3.05, 3.63) is 263 Å². The van der Waals surface area contributed by atoms with Crippen LogP contribution in [0, 0.1) is 75.7 Å². The lowest BCUT2D eigenvalue weighted by Gasteiger charge is -2.33. The van der Waals surface area contributed by atoms with E-state index >= 15 is 0 Å². The second-order valence-corrected chi connectivity index (χ2v) is 31.3. The van der Waals surface area contributed by atoms with Gasteiger partial charge >= 0.3 is 0 Å². The number of hydrogen-bond acceptors (Lipinski definition) is 22. The molecule has 2 aromatic carbocycles. The predicted octanol–water partition coefficient (Wildman–Crippen LogP) is 11.9. The van der Waals surface area contributed by atoms with Crippen molar-refractivity contribution < 1.29 is 51.3 Å². The largest absolute Gasteiger partial charge is 0.472 e. The number of nitrogens with zero attached hydrogens (tertiary/aromatic N) is 20. The number of hydrogen-bond donors (Lipinski definition) is 0. The summed E-state index contributed by atoms with van der Waals surface area (Å²) in [7, 11) is 0. The number of halogens is 3. The molecule has 28 nitrogen and oxygen atoms in total. The van der Waals surface area contributed by atoms with E-state index in [1.54, 1.807) is 97.2 Å². The van der Waals surface area contributed by atoms with Gasteiger partial charge in [0, 0.05) is 93.2 Å². The topological polar surface area (TPSA) is 308 Å². The first-order chi connectivity index (χ1) is 57.3. The number of benzene rings is 2. The van der Waals surface area contributed by atoms with Crippen molar-refractivity contribution in [2.75, 3.05) is 26.2 Å². The lowest BCUT2D eigenvalue weighted by atomic mass is 10.0. The summed E-state index contributed by atoms with van der Waals surface area (Å²) in [5.74, 6) is 2.93. The van der Waals surface area contributed by atoms with E-state index < -0.39 is 17.5 Å². The smallest absolute Gasteiger partial charge is 0.258 e. The maximum Gasteiger partial charge on any atom is 0.258 e. The first kappa shape index (κ1) is 77.2. The molecule has 0 N–H and O–H groups in total. The molecular weight excluding hydrogens is 1510 g/mol. The molecule has 600 valence electrons. The Hall–Kier alpha value is -13.4. The van der Waals surface area contributed by atoms with E-state index in [0.29, 0.717) is 100.0 Å². The van der Waals surface area contributed by atoms with Crippen LogP contribution in [0.4, 0.5) is 13.2 Å². The Kier molecular flexibility index (Phi) is 21.9. The molecule has 10 aromatic heterocycles. The Morgan fingerprint density at radius 1 is 0.331 bits per heavy atom. The quantitative estimate of drug-likeness (QED) is 0.0867. The monoisotopic (exact) mass is 1590 g/mol. The van der Waals surface area contributed by atoms with Gasteiger partial charge < -0.3 is 38.5 Å². The second kappa shape index (κ2) is 33.5. The highest BCUT2D eigenvalue weighted by Gasteiger charge is 2.53. The Bertz CT molecular complexity index is 5590. The number of amides is 4. The number of aromatic nitrogens is 16. The number of carbonyl (C=O) groups excluding carboxylic acids is 4. The van der Waals surface area contributed by atoms with Gasteiger partial charge in [0.05, 0.1) is 102 Å². The third-order valence-corrected chi connectivity index (χ3v) is 22.9. The van der Waals surface area contributed by atoms with E-state index in [1.165, 1.54) is 21.7 Å². The summed E-state index contributed by atoms with van der Waals surface area (Å²) in [4.78, 5) is 106. The van der Waals surface area contributed by atoms with Gasteiger partial charge in [0.15, 0.2) is 34.9 Å². The minimum absolute atomic E-state index is 0.00722. The molecule has 12 atom stereocenters. The van der Waals surface area contributed by atoms with Gasteiger partial charge in [-0.25, -0.2) is 63.0 Å². The highest BCUT2D eigenvalue weighted by atomic mass is 19.1. The van der Waals surface area contributed by atoms with E-state index in [-0.39, 0.29) is 89.2 Å². The van der Waals surface area contributed by atoms with Gasteiger partial charge in [-0.15, -0.1) is 9.59 Å². The minimum Gasteiger partial charge on any atom is -0.472 e. The zero-order valence-corrected chi connectivity index (χ0v) is 65.2. The van der Waals surface area contributed by atoms with Crippen LogP contribution in [-0.4, -0.2) is 198 Å². The zero-order chi connectivity index (χ0) is 81.2. The van der Waals surface area contributed by atoms with Gasteiger partial charge in [-0.05, 0) is 174 Å². The van der Waals surface area contributed by atoms with Gasteiger partial charge in [-0.2, -0.15) is 20.4 Å². The summed E-state index contributed by atoms with van der Waals surface area (Å²) in [6.45, 7) is 12.6. The number of aryl methyl sites for hydroxylation is 5. The van der Waals surface area contributed by atoms with Crippen LogP contribution >= 0.6 is 0 Å². The summed E-state index contributed by atoms with van der Waals surface area (Å²) in [6.07, 6.45) is 27.9. The summed E-state index contributed by atoms with van der Waals surface area (Å²) in [5, 5.41) is 16.5. The van der Waals surface area contributed by atoms with Gasteiger partial charge in [-0.3, -0.25) is 19.2 Å². The van der Waals surface area contributed by atoms with E-state index in [2.05, 4.69) is 70.2 Å². The molecule has 4 saturated carbocycles. The first-order valence-electron chi connectivity index (χ1n) is 39.4. The number of rotatable bonds is 16. The highest BCUT2D eigenvalue weighted by Crippen LogP contribution is 2.45. The van der Waals surface area contributed by atoms with Crippen molar-refractivity contribution in [1.29, 1.82) is 0 Å². The van der Waals surface area contributed by atoms with Crippen LogP contribution in [0.5, 0.6) is 23.5 Å². The Morgan fingerprint density at radius 3 is 1.09 bits per heavy atom. The molecule has 4 aliphatic heterocycles. The number of pyridine rings is 6. The lowest BCUT2D eigenvalue weighted by molar-refractivity contribution is 0.0463. The van der Waals surface area contributed by atoms with Gasteiger partial charge in [0.25, 0.3) is 23.6 Å². The van der Waals surface area contributed by atoms with Crippen LogP contribution in [0.2, 0.25) is 0 Å². The molecule has 31 heteroatoms. The molecule has 0 radical (unpaired) electrons. The fourth-order valence-corrected chi connectivity index (χ4v) is 17.6. The van der Waals surface area contributed by atoms with Crippen LogP contribution in [0.15, 0.2) is 196 Å². The van der Waals surface area contributed by atoms with E-state index in [9.17, 15) is 32.3 Å². The average Bonchev–Trinajstić information content (AvgIpc) is 1.61. The fourth-order valence-electron chi connectivity index (χ4n) is 17.6. The normalized spacial score (nSPS) is 22.6. The Balaban J connectivity index is 0.000000113. The average molecular weight is 1590 g/mol. The van der Waals surface area contributed by atoms with Crippen molar-refractivity contribution in [2.24, 2.45) is 23.7 Å². The SMILES string of the molecule is Cc1ccc(OC2CC3CC2N(C(=O)c2cc(C)cnc2-n2nccn2)C3)nc1.Cc1ccc(OC2CC3CC2N(C(=O)c2cccc(F)c2-c2ncc(F)cn2)C3)nc1.Cc1ccc(OC2CC3CC2N(C(=O)c2ccccc2-c2ncc(F)cn2)C3)nc1.Cc1ccc(OC2CC3CC2N(C(=O)c2cccnc2-n2nccn2)C3)nc1. The van der Waals surface area contributed by atoms with E-state index in [4.69, 9.17) is 18.9 Å². The third-order valence-electron chi connectivity index (χ3n) is 22.9. The predicted molar refractivity (Wildman–Crippen MR) is 422 cm³/mol. The fraction of sp³-hybridized carbons (Fsp3) is 0.333. The number of likely N-dealkylation sites (tertiary alicyclic amines) is 4. The first-order valence-corrected chi connectivity index (χ1v) is 39.4. The van der Waals surface area contributed by atoms with E-state index in [1.807, 2.05) is 116 Å². The Labute approximate surface area is 676 Å². The maximum absolute atomic E-state index is 14.7. The maximum atomic E-state index is 14.7. The molecule has 0 spiro atoms. The van der Waals surface area contributed by atoms with Crippen LogP contribution in [0.25, 0.3) is 34.4 Å². The summed E-state index contributed by atoms with van der Waals surface area (Å²) in [5.41, 5.74) is 7.49. The van der Waals surface area contributed by atoms with Crippen molar-refractivity contribution >= 4 is 23.6 Å². The van der Waals surface area contributed by atoms with Gasteiger partial charge in [0.2, 0.25) is 23.5 Å². The number of ether oxygens (including phenoxy) is 4. The molecule has 8 aliphatic rings. The second-order valence-electron chi connectivity index (χ2n) is 31.3. The van der Waals surface area contributed by atoms with Crippen molar-refractivity contribution in [2.45, 2.75) is 135 Å². The van der Waals surface area contributed by atoms with Crippen LogP contribution in [0.3, 0.4) is 0 Å². The summed E-state index contributed by atoms with van der Waals surface area (Å²) < 4.78 is 65.7. The number of carbonyl (C=O) groups is 4. The molecule has 8 fully saturated rings. The minimum atomic E-state index is -0.630. The highest BCUT2D eigenvalue weighted by molar-refractivity contribution is 6.02. The van der Waals surface area contributed by atoms with Gasteiger partial charge in [-0.1, -0.05) is 48.5 Å². The molecule has 4 aliphatic carbocycles. The third kappa shape index (κ3) is 16.5. The van der Waals surface area contributed by atoms with Crippen LogP contribution in [-0.2, 0) is 0 Å². The molecule has 118 heavy (non-hydrogen) atoms. The van der Waals surface area contributed by atoms with Crippen molar-refractivity contribution in [1.82, 2.24) is 99.4 Å². The molecule has 20 rings (SSSR count). The van der Waals surface area contributed by atoms with Crippen molar-refractivity contribution in [3.8, 4) is 57.9 Å². The van der Waals surface area contributed by atoms with Crippen LogP contribution in [0.1, 0.15) is 121 Å². The molecule has 12 aromatic rings. The molecular formula is C87H83F3N20O8. The Morgan fingerprint density at radius 2 is 0.686 bits per heavy atom. The van der Waals surface area contributed by atoms with Crippen molar-refractivity contribution in [3.63, 3.8) is 0 Å². The molecule has 12 unspecified atom stereocenters. The summed E-state index contributed by atoms with van der Waals surface area (Å²) >= 11 is 0. The van der Waals surface area contributed by atoms with E-state index in [0.717, 1.165) is 117 Å². The number of piperidine rings is 4. The van der Waals surface area contributed by atoms with Crippen LogP contribution < -0.4 is 18.9 Å². The number of fused-ring (bicyclic) bond motifs is 8. The molecule has 4 saturated heterocycles. The zero-order valence-electron chi connectivity index (χ0n) is 65.2. The molecule has 8 bridgehead atoms. The molecule has 4 amide bonds.